The van der Waals surface area contributed by atoms with Gasteiger partial charge in [-0.15, -0.1) is 0 Å². The second-order valence-corrected chi connectivity index (χ2v) is 5.40. The lowest BCUT2D eigenvalue weighted by Crippen LogP contribution is -1.98. The average molecular weight is 291 g/mol. The normalized spacial score (nSPS) is 11.2. The third-order valence-electron chi connectivity index (χ3n) is 3.28. The number of alkyl halides is 2. The Kier molecular flexibility index (Phi) is 4.46. The van der Waals surface area contributed by atoms with E-state index in [1.165, 1.54) is 12.1 Å². The lowest BCUT2D eigenvalue weighted by atomic mass is 10.0. The molecule has 0 aliphatic heterocycles. The summed E-state index contributed by atoms with van der Waals surface area (Å²) in [5.74, 6) is 0.993. The molecular formula is C17H19F2NO. The Morgan fingerprint density at radius 1 is 0.952 bits per heavy atom. The van der Waals surface area contributed by atoms with Crippen LogP contribution in [-0.4, -0.2) is 0 Å². The minimum absolute atomic E-state index is 0.145. The third-order valence-corrected chi connectivity index (χ3v) is 3.28. The van der Waals surface area contributed by atoms with E-state index in [0.717, 1.165) is 11.1 Å². The van der Waals surface area contributed by atoms with Crippen molar-refractivity contribution in [3.63, 3.8) is 0 Å². The van der Waals surface area contributed by atoms with Gasteiger partial charge in [0.1, 0.15) is 11.5 Å². The average Bonchev–Trinajstić information content (AvgIpc) is 2.40. The van der Waals surface area contributed by atoms with Gasteiger partial charge in [0.05, 0.1) is 5.56 Å². The molecule has 0 fully saturated rings. The summed E-state index contributed by atoms with van der Waals surface area (Å²) in [7, 11) is 0. The first kappa shape index (κ1) is 15.3. The number of ether oxygens (including phenoxy) is 1. The molecule has 0 aliphatic rings. The summed E-state index contributed by atoms with van der Waals surface area (Å²) in [6.45, 7) is 6.01. The van der Waals surface area contributed by atoms with E-state index < -0.39 is 6.43 Å². The molecule has 2 N–H and O–H groups in total. The summed E-state index contributed by atoms with van der Waals surface area (Å²) in [5.41, 5.74) is 7.68. The SMILES string of the molecule is Cc1ccc(C(C)C)c(Oc2ccc(N)cc2C(F)F)c1. The van der Waals surface area contributed by atoms with Crippen LogP contribution >= 0.6 is 0 Å². The van der Waals surface area contributed by atoms with E-state index in [9.17, 15) is 8.78 Å². The first-order valence-electron chi connectivity index (χ1n) is 6.84. The van der Waals surface area contributed by atoms with Crippen LogP contribution in [0.25, 0.3) is 0 Å². The van der Waals surface area contributed by atoms with Crippen molar-refractivity contribution >= 4 is 5.69 Å². The Morgan fingerprint density at radius 3 is 2.29 bits per heavy atom. The molecule has 2 aromatic rings. The van der Waals surface area contributed by atoms with Gasteiger partial charge in [-0.25, -0.2) is 8.78 Å². The predicted octanol–water partition coefficient (Wildman–Crippen LogP) is 5.43. The van der Waals surface area contributed by atoms with E-state index in [1.807, 2.05) is 39.0 Å². The number of benzene rings is 2. The van der Waals surface area contributed by atoms with E-state index >= 15 is 0 Å². The Balaban J connectivity index is 2.45. The van der Waals surface area contributed by atoms with Crippen LogP contribution in [0.15, 0.2) is 36.4 Å². The smallest absolute Gasteiger partial charge is 0.267 e. The van der Waals surface area contributed by atoms with Crippen LogP contribution in [0.2, 0.25) is 0 Å². The van der Waals surface area contributed by atoms with Gasteiger partial charge in [0.15, 0.2) is 0 Å². The number of nitrogen functional groups attached to an aromatic ring is 1. The second kappa shape index (κ2) is 6.12. The zero-order valence-corrected chi connectivity index (χ0v) is 12.4. The van der Waals surface area contributed by atoms with Crippen LogP contribution in [0.5, 0.6) is 11.5 Å². The molecule has 112 valence electrons. The molecular weight excluding hydrogens is 272 g/mol. The Labute approximate surface area is 123 Å². The highest BCUT2D eigenvalue weighted by atomic mass is 19.3. The quantitative estimate of drug-likeness (QED) is 0.762. The molecule has 0 saturated heterocycles. The lowest BCUT2D eigenvalue weighted by Gasteiger charge is -2.17. The molecule has 0 saturated carbocycles. The Morgan fingerprint density at radius 2 is 1.67 bits per heavy atom. The van der Waals surface area contributed by atoms with E-state index in [1.54, 1.807) is 6.07 Å². The van der Waals surface area contributed by atoms with Crippen molar-refractivity contribution in [1.82, 2.24) is 0 Å². The van der Waals surface area contributed by atoms with Crippen LogP contribution in [0.4, 0.5) is 14.5 Å². The van der Waals surface area contributed by atoms with Gasteiger partial charge in [-0.2, -0.15) is 0 Å². The molecule has 0 aromatic heterocycles. The third kappa shape index (κ3) is 3.51. The number of nitrogens with two attached hydrogens (primary N) is 1. The Bertz CT molecular complexity index is 639. The van der Waals surface area contributed by atoms with E-state index in [4.69, 9.17) is 10.5 Å². The Hall–Kier alpha value is -2.10. The van der Waals surface area contributed by atoms with Gasteiger partial charge in [-0.05, 0) is 48.2 Å². The first-order valence-corrected chi connectivity index (χ1v) is 6.84. The van der Waals surface area contributed by atoms with Crippen molar-refractivity contribution in [2.45, 2.75) is 33.1 Å². The van der Waals surface area contributed by atoms with Crippen LogP contribution in [-0.2, 0) is 0 Å². The number of rotatable bonds is 4. The fourth-order valence-electron chi connectivity index (χ4n) is 2.16. The highest BCUT2D eigenvalue weighted by molar-refractivity contribution is 5.51. The van der Waals surface area contributed by atoms with E-state index in [-0.39, 0.29) is 17.2 Å². The van der Waals surface area contributed by atoms with Crippen LogP contribution < -0.4 is 10.5 Å². The van der Waals surface area contributed by atoms with Crippen LogP contribution in [0.3, 0.4) is 0 Å². The van der Waals surface area contributed by atoms with E-state index in [2.05, 4.69) is 0 Å². The summed E-state index contributed by atoms with van der Waals surface area (Å²) < 4.78 is 32.0. The molecule has 0 radical (unpaired) electrons. The molecule has 0 heterocycles. The van der Waals surface area contributed by atoms with Gasteiger partial charge in [-0.1, -0.05) is 26.0 Å². The zero-order valence-electron chi connectivity index (χ0n) is 12.4. The van der Waals surface area contributed by atoms with Gasteiger partial charge in [0.2, 0.25) is 0 Å². The molecule has 0 spiro atoms. The number of aryl methyl sites for hydroxylation is 1. The van der Waals surface area contributed by atoms with E-state index in [0.29, 0.717) is 11.4 Å². The maximum Gasteiger partial charge on any atom is 0.267 e. The molecule has 0 bridgehead atoms. The summed E-state index contributed by atoms with van der Waals surface area (Å²) in [6, 6.07) is 10.1. The number of halogens is 2. The monoisotopic (exact) mass is 291 g/mol. The van der Waals surface area contributed by atoms with Gasteiger partial charge in [-0.3, -0.25) is 0 Å². The van der Waals surface area contributed by atoms with Crippen molar-refractivity contribution in [2.24, 2.45) is 0 Å². The summed E-state index contributed by atoms with van der Waals surface area (Å²) in [5, 5.41) is 0. The maximum atomic E-state index is 13.1. The second-order valence-electron chi connectivity index (χ2n) is 5.40. The fourth-order valence-corrected chi connectivity index (χ4v) is 2.16. The molecule has 0 amide bonds. The molecule has 4 heteroatoms. The van der Waals surface area contributed by atoms with Crippen LogP contribution in [0.1, 0.15) is 42.9 Å². The highest BCUT2D eigenvalue weighted by Crippen LogP contribution is 2.37. The standard InChI is InChI=1S/C17H19F2NO/c1-10(2)13-6-4-11(3)8-16(13)21-15-7-5-12(20)9-14(15)17(18)19/h4-10,17H,20H2,1-3H3. The van der Waals surface area contributed by atoms with Crippen molar-refractivity contribution in [3.8, 4) is 11.5 Å². The topological polar surface area (TPSA) is 35.2 Å². The summed E-state index contributed by atoms with van der Waals surface area (Å²) in [6.07, 6.45) is -2.63. The minimum atomic E-state index is -2.63. The molecule has 21 heavy (non-hydrogen) atoms. The zero-order chi connectivity index (χ0) is 15.6. The van der Waals surface area contributed by atoms with Gasteiger partial charge < -0.3 is 10.5 Å². The molecule has 2 nitrogen and oxygen atoms in total. The van der Waals surface area contributed by atoms with Crippen LogP contribution in [0, 0.1) is 6.92 Å². The minimum Gasteiger partial charge on any atom is -0.457 e. The largest absolute Gasteiger partial charge is 0.457 e. The molecule has 0 atom stereocenters. The molecule has 2 aromatic carbocycles. The van der Waals surface area contributed by atoms with Gasteiger partial charge >= 0.3 is 0 Å². The predicted molar refractivity (Wildman–Crippen MR) is 81.2 cm³/mol. The van der Waals surface area contributed by atoms with Crippen molar-refractivity contribution < 1.29 is 13.5 Å². The number of hydrogen-bond acceptors (Lipinski definition) is 2. The van der Waals surface area contributed by atoms with Crippen molar-refractivity contribution in [2.75, 3.05) is 5.73 Å². The lowest BCUT2D eigenvalue weighted by molar-refractivity contribution is 0.148. The molecule has 0 unspecified atom stereocenters. The summed E-state index contributed by atoms with van der Waals surface area (Å²) in [4.78, 5) is 0. The number of hydrogen-bond donors (Lipinski definition) is 1. The van der Waals surface area contributed by atoms with Crippen molar-refractivity contribution in [1.29, 1.82) is 0 Å². The van der Waals surface area contributed by atoms with Gasteiger partial charge in [0, 0.05) is 5.69 Å². The summed E-state index contributed by atoms with van der Waals surface area (Å²) >= 11 is 0. The molecule has 2 rings (SSSR count). The highest BCUT2D eigenvalue weighted by Gasteiger charge is 2.17. The first-order chi connectivity index (χ1) is 9.88. The van der Waals surface area contributed by atoms with Gasteiger partial charge in [0.25, 0.3) is 6.43 Å². The number of anilines is 1. The maximum absolute atomic E-state index is 13.1. The molecule has 0 aliphatic carbocycles. The fraction of sp³-hybridized carbons (Fsp3) is 0.294. The van der Waals surface area contributed by atoms with Crippen molar-refractivity contribution in [3.05, 3.63) is 53.1 Å².